The Morgan fingerprint density at radius 3 is 2.83 bits per heavy atom. The zero-order valence-corrected chi connectivity index (χ0v) is 18.5. The Bertz CT molecular complexity index is 1040. The van der Waals surface area contributed by atoms with Gasteiger partial charge in [0.2, 0.25) is 5.13 Å². The predicted molar refractivity (Wildman–Crippen MR) is 124 cm³/mol. The molecule has 0 fully saturated rings. The number of hydrogen-bond acceptors (Lipinski definition) is 6. The van der Waals surface area contributed by atoms with Crippen LogP contribution in [0.3, 0.4) is 0 Å². The highest BCUT2D eigenvalue weighted by atomic mass is 32.1. The Labute approximate surface area is 181 Å². The van der Waals surface area contributed by atoms with Crippen LogP contribution < -0.4 is 10.2 Å². The molecule has 1 N–H and O–H groups in total. The van der Waals surface area contributed by atoms with Crippen LogP contribution in [0.5, 0.6) is 5.75 Å². The van der Waals surface area contributed by atoms with Crippen LogP contribution in [-0.4, -0.2) is 24.9 Å². The molecule has 2 aromatic carbocycles. The highest BCUT2D eigenvalue weighted by molar-refractivity contribution is 7.14. The first-order chi connectivity index (χ1) is 14.7. The third-order valence-corrected chi connectivity index (χ3v) is 6.25. The van der Waals surface area contributed by atoms with E-state index in [2.05, 4.69) is 53.2 Å². The van der Waals surface area contributed by atoms with Gasteiger partial charge in [-0.15, -0.1) is 11.3 Å². The number of hydrogen-bond donors (Lipinski definition) is 1. The van der Waals surface area contributed by atoms with Crippen molar-refractivity contribution in [2.24, 2.45) is 5.10 Å². The molecule has 0 saturated carbocycles. The maximum Gasteiger partial charge on any atom is 0.203 e. The normalized spacial score (nSPS) is 15.6. The molecule has 0 radical (unpaired) electrons. The highest BCUT2D eigenvalue weighted by Crippen LogP contribution is 2.31. The van der Waals surface area contributed by atoms with Gasteiger partial charge in [0.25, 0.3) is 0 Å². The molecule has 0 saturated heterocycles. The van der Waals surface area contributed by atoms with Gasteiger partial charge in [0.15, 0.2) is 0 Å². The molecule has 1 atom stereocenters. The van der Waals surface area contributed by atoms with Gasteiger partial charge in [0, 0.05) is 29.2 Å². The van der Waals surface area contributed by atoms with Crippen molar-refractivity contribution < 1.29 is 9.47 Å². The summed E-state index contributed by atoms with van der Waals surface area (Å²) in [5.41, 5.74) is 9.85. The van der Waals surface area contributed by atoms with E-state index in [9.17, 15) is 0 Å². The second-order valence-electron chi connectivity index (χ2n) is 7.31. The number of aromatic nitrogens is 1. The van der Waals surface area contributed by atoms with Crippen molar-refractivity contribution in [3.63, 3.8) is 0 Å². The molecule has 0 aliphatic heterocycles. The molecular formula is C24H27N3O2S. The van der Waals surface area contributed by atoms with Crippen molar-refractivity contribution in [1.29, 1.82) is 0 Å². The first kappa shape index (κ1) is 20.6. The van der Waals surface area contributed by atoms with Crippen LogP contribution >= 0.6 is 11.3 Å². The minimum atomic E-state index is 0.107. The molecule has 3 aromatic rings. The Morgan fingerprint density at radius 1 is 1.17 bits per heavy atom. The third-order valence-electron chi connectivity index (χ3n) is 5.50. The Kier molecular flexibility index (Phi) is 6.45. The Morgan fingerprint density at radius 2 is 2.03 bits per heavy atom. The third kappa shape index (κ3) is 4.25. The lowest BCUT2D eigenvalue weighted by molar-refractivity contribution is 0.100. The second-order valence-corrected chi connectivity index (χ2v) is 8.16. The standard InChI is InChI=1S/C24H27N3O2S/c1-4-22(28-2)17-9-5-8-16(14-17)21-15-30-24(25-21)27-26-20-12-6-11-19-18(20)10-7-13-23(19)29-3/h5,7-10,13-15,22H,4,6,11-12H2,1-3H3,(H,25,27). The quantitative estimate of drug-likeness (QED) is 0.471. The van der Waals surface area contributed by atoms with E-state index in [1.54, 1.807) is 25.6 Å². The van der Waals surface area contributed by atoms with Crippen LogP contribution in [0.4, 0.5) is 5.13 Å². The summed E-state index contributed by atoms with van der Waals surface area (Å²) in [6, 6.07) is 14.6. The van der Waals surface area contributed by atoms with Crippen molar-refractivity contribution in [2.75, 3.05) is 19.6 Å². The first-order valence-corrected chi connectivity index (χ1v) is 11.2. The second kappa shape index (κ2) is 9.41. The lowest BCUT2D eigenvalue weighted by Gasteiger charge is -2.20. The maximum absolute atomic E-state index is 5.58. The van der Waals surface area contributed by atoms with Gasteiger partial charge in [-0.1, -0.05) is 37.3 Å². The van der Waals surface area contributed by atoms with Crippen molar-refractivity contribution in [1.82, 2.24) is 4.98 Å². The number of thiazole rings is 1. The molecule has 1 aliphatic rings. The van der Waals surface area contributed by atoms with Crippen molar-refractivity contribution in [3.05, 3.63) is 64.5 Å². The fraction of sp³-hybridized carbons (Fsp3) is 0.333. The van der Waals surface area contributed by atoms with Gasteiger partial charge < -0.3 is 9.47 Å². The average Bonchev–Trinajstić information content (AvgIpc) is 3.27. The van der Waals surface area contributed by atoms with Crippen LogP contribution in [-0.2, 0) is 11.2 Å². The number of benzene rings is 2. The molecule has 1 heterocycles. The van der Waals surface area contributed by atoms with E-state index in [1.165, 1.54) is 16.7 Å². The first-order valence-electron chi connectivity index (χ1n) is 10.3. The fourth-order valence-electron chi connectivity index (χ4n) is 3.98. The fourth-order valence-corrected chi connectivity index (χ4v) is 4.64. The van der Waals surface area contributed by atoms with Crippen LogP contribution in [0.15, 0.2) is 52.9 Å². The van der Waals surface area contributed by atoms with E-state index in [-0.39, 0.29) is 6.10 Å². The summed E-state index contributed by atoms with van der Waals surface area (Å²) in [4.78, 5) is 4.74. The topological polar surface area (TPSA) is 55.7 Å². The van der Waals surface area contributed by atoms with E-state index < -0.39 is 0 Å². The van der Waals surface area contributed by atoms with Crippen molar-refractivity contribution in [3.8, 4) is 17.0 Å². The van der Waals surface area contributed by atoms with Crippen LogP contribution in [0, 0.1) is 0 Å². The number of rotatable bonds is 7. The SMILES string of the molecule is CCC(OC)c1cccc(-c2csc(NN=C3CCCc4c(OC)cccc43)n2)c1. The van der Waals surface area contributed by atoms with Gasteiger partial charge in [-0.2, -0.15) is 5.10 Å². The van der Waals surface area contributed by atoms with Crippen LogP contribution in [0.1, 0.15) is 49.0 Å². The molecule has 0 spiro atoms. The molecule has 156 valence electrons. The number of nitrogens with zero attached hydrogens (tertiary/aromatic N) is 2. The lowest BCUT2D eigenvalue weighted by Crippen LogP contribution is -2.14. The zero-order valence-electron chi connectivity index (χ0n) is 17.6. The largest absolute Gasteiger partial charge is 0.496 e. The van der Waals surface area contributed by atoms with Gasteiger partial charge in [0.05, 0.1) is 24.6 Å². The summed E-state index contributed by atoms with van der Waals surface area (Å²) in [7, 11) is 3.48. The number of anilines is 1. The number of methoxy groups -OCH3 is 2. The minimum Gasteiger partial charge on any atom is -0.496 e. The summed E-state index contributed by atoms with van der Waals surface area (Å²) in [5.74, 6) is 0.942. The van der Waals surface area contributed by atoms with Gasteiger partial charge in [-0.05, 0) is 43.4 Å². The molecule has 0 amide bonds. The molecular weight excluding hydrogens is 394 g/mol. The molecule has 1 aliphatic carbocycles. The van der Waals surface area contributed by atoms with Gasteiger partial charge in [-0.3, -0.25) is 5.43 Å². The van der Waals surface area contributed by atoms with Gasteiger partial charge in [-0.25, -0.2) is 4.98 Å². The monoisotopic (exact) mass is 421 g/mol. The van der Waals surface area contributed by atoms with E-state index >= 15 is 0 Å². The minimum absolute atomic E-state index is 0.107. The van der Waals surface area contributed by atoms with Gasteiger partial charge in [0.1, 0.15) is 5.75 Å². The van der Waals surface area contributed by atoms with Gasteiger partial charge >= 0.3 is 0 Å². The summed E-state index contributed by atoms with van der Waals surface area (Å²) in [5, 5.41) is 7.54. The predicted octanol–water partition coefficient (Wildman–Crippen LogP) is 6.07. The zero-order chi connectivity index (χ0) is 20.9. The van der Waals surface area contributed by atoms with Crippen molar-refractivity contribution >= 4 is 22.2 Å². The number of ether oxygens (including phenoxy) is 2. The number of nitrogens with one attached hydrogen (secondary N) is 1. The molecule has 30 heavy (non-hydrogen) atoms. The van der Waals surface area contributed by atoms with Crippen molar-refractivity contribution in [2.45, 2.75) is 38.7 Å². The number of hydrazone groups is 1. The van der Waals surface area contributed by atoms with E-state index in [0.717, 1.165) is 53.5 Å². The Balaban J connectivity index is 1.54. The molecule has 4 rings (SSSR count). The molecule has 1 unspecified atom stereocenters. The molecule has 0 bridgehead atoms. The Hall–Kier alpha value is -2.70. The van der Waals surface area contributed by atoms with E-state index in [0.29, 0.717) is 0 Å². The average molecular weight is 422 g/mol. The van der Waals surface area contributed by atoms with Crippen LogP contribution in [0.2, 0.25) is 0 Å². The summed E-state index contributed by atoms with van der Waals surface area (Å²) in [6.45, 7) is 2.13. The molecule has 1 aromatic heterocycles. The molecule has 5 nitrogen and oxygen atoms in total. The highest BCUT2D eigenvalue weighted by Gasteiger charge is 2.19. The maximum atomic E-state index is 5.58. The van der Waals surface area contributed by atoms with E-state index in [4.69, 9.17) is 14.5 Å². The molecule has 6 heteroatoms. The smallest absolute Gasteiger partial charge is 0.203 e. The summed E-state index contributed by atoms with van der Waals surface area (Å²) >= 11 is 1.56. The summed E-state index contributed by atoms with van der Waals surface area (Å²) < 4.78 is 11.1. The summed E-state index contributed by atoms with van der Waals surface area (Å²) in [6.07, 6.45) is 4.09. The lowest BCUT2D eigenvalue weighted by atomic mass is 9.89. The van der Waals surface area contributed by atoms with E-state index in [1.807, 2.05) is 12.1 Å². The van der Waals surface area contributed by atoms with Crippen LogP contribution in [0.25, 0.3) is 11.3 Å². The number of fused-ring (bicyclic) bond motifs is 1.